The van der Waals surface area contributed by atoms with Gasteiger partial charge in [0.2, 0.25) is 0 Å². The first kappa shape index (κ1) is 13.5. The fourth-order valence-corrected chi connectivity index (χ4v) is 0.163. The van der Waals surface area contributed by atoms with E-state index in [2.05, 4.69) is 0 Å². The minimum absolute atomic E-state index is 0.243. The van der Waals surface area contributed by atoms with Crippen molar-refractivity contribution in [2.45, 2.75) is 26.3 Å². The molecule has 0 spiro atoms. The van der Waals surface area contributed by atoms with E-state index < -0.39 is 0 Å². The van der Waals surface area contributed by atoms with Crippen molar-refractivity contribution in [2.24, 2.45) is 0 Å². The van der Waals surface area contributed by atoms with Gasteiger partial charge in [0.05, 0.1) is 6.61 Å². The average Bonchev–Trinajstić information content (AvgIpc) is 2.03. The second-order valence-corrected chi connectivity index (χ2v) is 2.72. The van der Waals surface area contributed by atoms with Crippen LogP contribution in [-0.2, 0) is 0 Å². The number of likely N-dealkylation sites (N-methyl/N-ethyl adjacent to an activating group) is 1. The first-order chi connectivity index (χ1) is 5.09. The summed E-state index contributed by atoms with van der Waals surface area (Å²) in [5.41, 5.74) is 0. The van der Waals surface area contributed by atoms with Crippen LogP contribution in [0.4, 0.5) is 0 Å². The standard InChI is InChI=1S/C5H13NO.C3H8O/c1-5(4-7)6(2)3;1-2-3-4/h5,7H,4H2,1-3H3;4H,2-3H2,1H3. The van der Waals surface area contributed by atoms with Gasteiger partial charge in [-0.1, -0.05) is 6.92 Å². The Morgan fingerprint density at radius 1 is 1.27 bits per heavy atom. The van der Waals surface area contributed by atoms with E-state index in [0.717, 1.165) is 6.42 Å². The third-order valence-corrected chi connectivity index (χ3v) is 1.37. The molecule has 0 aromatic carbocycles. The van der Waals surface area contributed by atoms with Crippen molar-refractivity contribution in [3.05, 3.63) is 0 Å². The first-order valence-electron chi connectivity index (χ1n) is 3.98. The summed E-state index contributed by atoms with van der Waals surface area (Å²) in [6.07, 6.45) is 0.875. The first-order valence-corrected chi connectivity index (χ1v) is 3.98. The van der Waals surface area contributed by atoms with Crippen molar-refractivity contribution >= 4 is 0 Å². The number of aliphatic hydroxyl groups is 2. The topological polar surface area (TPSA) is 43.7 Å². The van der Waals surface area contributed by atoms with Crippen LogP contribution in [0.5, 0.6) is 0 Å². The molecule has 0 radical (unpaired) electrons. The molecule has 0 aromatic heterocycles. The lowest BCUT2D eigenvalue weighted by Crippen LogP contribution is -2.27. The van der Waals surface area contributed by atoms with Gasteiger partial charge in [-0.2, -0.15) is 0 Å². The average molecular weight is 163 g/mol. The largest absolute Gasteiger partial charge is 0.396 e. The van der Waals surface area contributed by atoms with Gasteiger partial charge in [-0.15, -0.1) is 0 Å². The molecule has 0 rings (SSSR count). The van der Waals surface area contributed by atoms with Crippen LogP contribution in [0, 0.1) is 0 Å². The Morgan fingerprint density at radius 3 is 1.64 bits per heavy atom. The Labute approximate surface area is 69.6 Å². The number of hydrogen-bond donors (Lipinski definition) is 2. The van der Waals surface area contributed by atoms with E-state index >= 15 is 0 Å². The molecule has 0 aliphatic rings. The Hall–Kier alpha value is -0.120. The zero-order valence-corrected chi connectivity index (χ0v) is 8.04. The van der Waals surface area contributed by atoms with E-state index in [0.29, 0.717) is 12.6 Å². The number of rotatable bonds is 3. The van der Waals surface area contributed by atoms with Gasteiger partial charge in [0.15, 0.2) is 0 Å². The van der Waals surface area contributed by atoms with Crippen LogP contribution in [-0.4, -0.2) is 48.5 Å². The van der Waals surface area contributed by atoms with Gasteiger partial charge in [-0.3, -0.25) is 0 Å². The maximum atomic E-state index is 8.46. The van der Waals surface area contributed by atoms with Crippen LogP contribution >= 0.6 is 0 Å². The van der Waals surface area contributed by atoms with E-state index in [1.807, 2.05) is 32.8 Å². The highest BCUT2D eigenvalue weighted by molar-refractivity contribution is 4.53. The normalized spacial score (nSPS) is 12.3. The molecule has 0 saturated heterocycles. The van der Waals surface area contributed by atoms with E-state index in [9.17, 15) is 0 Å². The van der Waals surface area contributed by atoms with E-state index in [-0.39, 0.29) is 6.61 Å². The van der Waals surface area contributed by atoms with Gasteiger partial charge >= 0.3 is 0 Å². The number of hydrogen-bond acceptors (Lipinski definition) is 3. The molecule has 2 N–H and O–H groups in total. The summed E-state index contributed by atoms with van der Waals surface area (Å²) in [7, 11) is 3.89. The lowest BCUT2D eigenvalue weighted by molar-refractivity contribution is 0.182. The van der Waals surface area contributed by atoms with Crippen LogP contribution in [0.25, 0.3) is 0 Å². The smallest absolute Gasteiger partial charge is 0.0583 e. The second-order valence-electron chi connectivity index (χ2n) is 2.72. The Balaban J connectivity index is 0. The Bertz CT molecular complexity index is 65.1. The quantitative estimate of drug-likeness (QED) is 0.629. The van der Waals surface area contributed by atoms with Crippen molar-refractivity contribution in [2.75, 3.05) is 27.3 Å². The summed E-state index contributed by atoms with van der Waals surface area (Å²) in [6, 6.07) is 0.292. The van der Waals surface area contributed by atoms with Crippen LogP contribution in [0.1, 0.15) is 20.3 Å². The summed E-state index contributed by atoms with van der Waals surface area (Å²) >= 11 is 0. The van der Waals surface area contributed by atoms with Gasteiger partial charge in [-0.05, 0) is 27.4 Å². The third kappa shape index (κ3) is 13.0. The fourth-order valence-electron chi connectivity index (χ4n) is 0.163. The molecule has 0 aliphatic heterocycles. The molecule has 0 fully saturated rings. The summed E-state index contributed by atoms with van der Waals surface area (Å²) in [5.74, 6) is 0. The monoisotopic (exact) mass is 163 g/mol. The highest BCUT2D eigenvalue weighted by atomic mass is 16.3. The molecule has 0 saturated carbocycles. The van der Waals surface area contributed by atoms with Crippen molar-refractivity contribution in [3.63, 3.8) is 0 Å². The highest BCUT2D eigenvalue weighted by Crippen LogP contribution is 1.85. The molecule has 0 aliphatic carbocycles. The predicted octanol–water partition coefficient (Wildman–Crippen LogP) is 0.318. The van der Waals surface area contributed by atoms with Gasteiger partial charge in [0, 0.05) is 12.6 Å². The molecule has 1 unspecified atom stereocenters. The molecule has 11 heavy (non-hydrogen) atoms. The van der Waals surface area contributed by atoms with Crippen LogP contribution in [0.15, 0.2) is 0 Å². The number of aliphatic hydroxyl groups excluding tert-OH is 2. The molecule has 0 heterocycles. The maximum Gasteiger partial charge on any atom is 0.0583 e. The molecular weight excluding hydrogens is 142 g/mol. The van der Waals surface area contributed by atoms with Gasteiger partial charge in [0.25, 0.3) is 0 Å². The zero-order chi connectivity index (χ0) is 9.28. The van der Waals surface area contributed by atoms with E-state index in [1.54, 1.807) is 0 Å². The minimum atomic E-state index is 0.243. The van der Waals surface area contributed by atoms with Crippen LogP contribution in [0.3, 0.4) is 0 Å². The van der Waals surface area contributed by atoms with Crippen molar-refractivity contribution in [1.29, 1.82) is 0 Å². The fraction of sp³-hybridized carbons (Fsp3) is 1.00. The molecular formula is C8H21NO2. The molecule has 3 nitrogen and oxygen atoms in total. The summed E-state index contributed by atoms with van der Waals surface area (Å²) in [6.45, 7) is 4.47. The lowest BCUT2D eigenvalue weighted by atomic mass is 10.3. The van der Waals surface area contributed by atoms with Gasteiger partial charge < -0.3 is 15.1 Å². The highest BCUT2D eigenvalue weighted by Gasteiger charge is 1.98. The SMILES string of the molecule is CC(CO)N(C)C.CCCO. The van der Waals surface area contributed by atoms with Gasteiger partial charge in [-0.25, -0.2) is 0 Å². The van der Waals surface area contributed by atoms with Crippen LogP contribution < -0.4 is 0 Å². The van der Waals surface area contributed by atoms with Gasteiger partial charge in [0.1, 0.15) is 0 Å². The molecule has 0 amide bonds. The van der Waals surface area contributed by atoms with E-state index in [1.165, 1.54) is 0 Å². The minimum Gasteiger partial charge on any atom is -0.396 e. The van der Waals surface area contributed by atoms with Crippen molar-refractivity contribution in [3.8, 4) is 0 Å². The maximum absolute atomic E-state index is 8.46. The Morgan fingerprint density at radius 2 is 1.64 bits per heavy atom. The van der Waals surface area contributed by atoms with Crippen molar-refractivity contribution < 1.29 is 10.2 Å². The summed E-state index contributed by atoms with van der Waals surface area (Å²) < 4.78 is 0. The lowest BCUT2D eigenvalue weighted by Gasteiger charge is -2.15. The molecule has 0 bridgehead atoms. The third-order valence-electron chi connectivity index (χ3n) is 1.37. The van der Waals surface area contributed by atoms with Crippen molar-refractivity contribution in [1.82, 2.24) is 4.90 Å². The number of nitrogens with zero attached hydrogens (tertiary/aromatic N) is 1. The second kappa shape index (κ2) is 9.88. The molecule has 0 aromatic rings. The molecule has 1 atom stereocenters. The Kier molecular flexibility index (Phi) is 12.1. The summed E-state index contributed by atoms with van der Waals surface area (Å²) in [4.78, 5) is 1.97. The predicted molar refractivity (Wildman–Crippen MR) is 47.6 cm³/mol. The zero-order valence-electron chi connectivity index (χ0n) is 8.04. The molecule has 70 valence electrons. The van der Waals surface area contributed by atoms with Crippen LogP contribution in [0.2, 0.25) is 0 Å². The van der Waals surface area contributed by atoms with E-state index in [4.69, 9.17) is 10.2 Å². The molecule has 3 heteroatoms. The summed E-state index contributed by atoms with van der Waals surface area (Å²) in [5, 5.41) is 16.3.